The maximum absolute atomic E-state index is 14.2. The Morgan fingerprint density at radius 2 is 1.86 bits per heavy atom. The van der Waals surface area contributed by atoms with E-state index in [0.29, 0.717) is 36.4 Å². The number of carbonyl (C=O) groups is 2. The normalized spacial score (nSPS) is 18.6. The molecule has 42 heavy (non-hydrogen) atoms. The first-order valence-electron chi connectivity index (χ1n) is 14.2. The molecule has 4 aromatic rings. The number of aromatic amines is 1. The molecule has 0 saturated heterocycles. The van der Waals surface area contributed by atoms with Gasteiger partial charge in [0.2, 0.25) is 5.91 Å². The van der Waals surface area contributed by atoms with Crippen molar-refractivity contribution in [2.45, 2.75) is 50.6 Å². The van der Waals surface area contributed by atoms with Crippen molar-refractivity contribution in [3.63, 3.8) is 0 Å². The van der Waals surface area contributed by atoms with Crippen molar-refractivity contribution < 1.29 is 18.4 Å². The largest absolute Gasteiger partial charge is 0.336 e. The number of halogens is 3. The van der Waals surface area contributed by atoms with Crippen molar-refractivity contribution in [2.24, 2.45) is 0 Å². The van der Waals surface area contributed by atoms with Crippen LogP contribution in [-0.2, 0) is 17.8 Å². The summed E-state index contributed by atoms with van der Waals surface area (Å²) in [5.41, 5.74) is 4.94. The molecule has 216 valence electrons. The first-order valence-corrected chi connectivity index (χ1v) is 15.0. The summed E-state index contributed by atoms with van der Waals surface area (Å²) in [6, 6.07) is 11.5. The molecular weight excluding hydrogens is 606 g/mol. The Hall–Kier alpha value is -3.86. The molecule has 2 aromatic carbocycles. The molecule has 2 amide bonds. The van der Waals surface area contributed by atoms with Crippen molar-refractivity contribution >= 4 is 38.8 Å². The van der Waals surface area contributed by atoms with E-state index in [1.807, 2.05) is 0 Å². The highest BCUT2D eigenvalue weighted by molar-refractivity contribution is 9.10. The SMILES string of the molecule is C=CC(=O)N1CCc2nc(-c3ccc(C4CCC4)cc3)n3c2[C@H](C1)N(C(=O)c1ccc(Br)c2nc(C(F)F)[nH]c12)CC3. The van der Waals surface area contributed by atoms with Crippen LogP contribution in [0.3, 0.4) is 0 Å². The maximum Gasteiger partial charge on any atom is 0.295 e. The van der Waals surface area contributed by atoms with Gasteiger partial charge in [0.05, 0.1) is 28.5 Å². The average molecular weight is 636 g/mol. The standard InChI is InChI=1S/C31H29BrF2N6O2/c1-2-24(41)38-13-12-22-27-23(16-38)39(31(42)20-10-11-21(32)26-25(20)36-29(37-26)28(33)34)14-15-40(27)30(35-22)19-8-6-18(7-9-19)17-4-3-5-17/h2,6-11,17,23,28H,1,3-5,12-16H2,(H,36,37)/t23-/m0/s1. The lowest BCUT2D eigenvalue weighted by Crippen LogP contribution is -2.47. The van der Waals surface area contributed by atoms with Crippen molar-refractivity contribution in [2.75, 3.05) is 19.6 Å². The molecule has 0 spiro atoms. The minimum absolute atomic E-state index is 0.211. The van der Waals surface area contributed by atoms with Gasteiger partial charge >= 0.3 is 0 Å². The highest BCUT2D eigenvalue weighted by Crippen LogP contribution is 2.40. The first-order chi connectivity index (χ1) is 20.3. The van der Waals surface area contributed by atoms with Crippen LogP contribution < -0.4 is 0 Å². The number of H-pyrrole nitrogens is 1. The molecule has 0 unspecified atom stereocenters. The van der Waals surface area contributed by atoms with Gasteiger partial charge in [-0.15, -0.1) is 0 Å². The van der Waals surface area contributed by atoms with Crippen LogP contribution in [0.5, 0.6) is 0 Å². The summed E-state index contributed by atoms with van der Waals surface area (Å²) in [7, 11) is 0. The van der Waals surface area contributed by atoms with Gasteiger partial charge in [-0.3, -0.25) is 9.59 Å². The van der Waals surface area contributed by atoms with Crippen LogP contribution in [0.1, 0.15) is 70.8 Å². The molecule has 1 saturated carbocycles. The summed E-state index contributed by atoms with van der Waals surface area (Å²) in [6.07, 6.45) is 2.79. The number of imidazole rings is 2. The number of alkyl halides is 2. The van der Waals surface area contributed by atoms with E-state index in [4.69, 9.17) is 4.98 Å². The van der Waals surface area contributed by atoms with Gasteiger partial charge in [-0.1, -0.05) is 37.3 Å². The van der Waals surface area contributed by atoms with Crippen LogP contribution in [0.25, 0.3) is 22.4 Å². The minimum Gasteiger partial charge on any atom is -0.336 e. The Labute approximate surface area is 249 Å². The number of hydrogen-bond acceptors (Lipinski definition) is 4. The van der Waals surface area contributed by atoms with E-state index < -0.39 is 18.3 Å². The van der Waals surface area contributed by atoms with Gasteiger partial charge < -0.3 is 19.4 Å². The van der Waals surface area contributed by atoms with Gasteiger partial charge in [0.1, 0.15) is 11.3 Å². The Kier molecular flexibility index (Phi) is 6.72. The topological polar surface area (TPSA) is 87.1 Å². The number of rotatable bonds is 5. The van der Waals surface area contributed by atoms with Gasteiger partial charge in [-0.05, 0) is 58.5 Å². The summed E-state index contributed by atoms with van der Waals surface area (Å²) in [5.74, 6) is 0.484. The van der Waals surface area contributed by atoms with Crippen molar-refractivity contribution in [1.29, 1.82) is 0 Å². The number of benzene rings is 2. The predicted octanol–water partition coefficient (Wildman–Crippen LogP) is 6.16. The molecule has 8 nitrogen and oxygen atoms in total. The molecule has 4 heterocycles. The Balaban J connectivity index is 1.30. The lowest BCUT2D eigenvalue weighted by atomic mass is 9.80. The minimum atomic E-state index is -2.80. The third-order valence-electron chi connectivity index (χ3n) is 8.89. The molecule has 2 aromatic heterocycles. The Bertz CT molecular complexity index is 1730. The van der Waals surface area contributed by atoms with E-state index >= 15 is 0 Å². The summed E-state index contributed by atoms with van der Waals surface area (Å²) in [5, 5.41) is 0. The maximum atomic E-state index is 14.2. The second-order valence-corrected chi connectivity index (χ2v) is 12.0. The van der Waals surface area contributed by atoms with E-state index in [-0.39, 0.29) is 35.0 Å². The van der Waals surface area contributed by atoms with E-state index in [2.05, 4.69) is 61.3 Å². The molecule has 7 rings (SSSR count). The average Bonchev–Trinajstić information content (AvgIpc) is 3.52. The van der Waals surface area contributed by atoms with Crippen LogP contribution in [-0.4, -0.2) is 60.8 Å². The smallest absolute Gasteiger partial charge is 0.295 e. The Morgan fingerprint density at radius 1 is 1.07 bits per heavy atom. The Morgan fingerprint density at radius 3 is 2.55 bits per heavy atom. The first kappa shape index (κ1) is 27.0. The molecule has 1 fully saturated rings. The molecule has 1 atom stereocenters. The molecule has 1 N–H and O–H groups in total. The fourth-order valence-electron chi connectivity index (χ4n) is 6.49. The molecular formula is C31H29BrF2N6O2. The lowest BCUT2D eigenvalue weighted by molar-refractivity contribution is -0.126. The van der Waals surface area contributed by atoms with Crippen molar-refractivity contribution in [1.82, 2.24) is 29.3 Å². The second-order valence-electron chi connectivity index (χ2n) is 11.2. The molecule has 0 bridgehead atoms. The zero-order chi connectivity index (χ0) is 29.1. The molecule has 1 aliphatic carbocycles. The van der Waals surface area contributed by atoms with E-state index in [0.717, 1.165) is 22.8 Å². The van der Waals surface area contributed by atoms with Crippen LogP contribution in [0.15, 0.2) is 53.5 Å². The van der Waals surface area contributed by atoms with Gasteiger partial charge in [-0.25, -0.2) is 18.7 Å². The predicted molar refractivity (Wildman–Crippen MR) is 157 cm³/mol. The fraction of sp³-hybridized carbons (Fsp3) is 0.355. The van der Waals surface area contributed by atoms with Crippen LogP contribution in [0.2, 0.25) is 0 Å². The number of aromatic nitrogens is 4. The summed E-state index contributed by atoms with van der Waals surface area (Å²) in [6.45, 7) is 5.27. The summed E-state index contributed by atoms with van der Waals surface area (Å²) in [4.78, 5) is 42.2. The number of nitrogens with one attached hydrogen (secondary N) is 1. The summed E-state index contributed by atoms with van der Waals surface area (Å²) < 4.78 is 29.7. The van der Waals surface area contributed by atoms with Gasteiger partial charge in [0.25, 0.3) is 12.3 Å². The number of nitrogens with zero attached hydrogens (tertiary/aromatic N) is 5. The quantitative estimate of drug-likeness (QED) is 0.266. The third kappa shape index (κ3) is 4.36. The van der Waals surface area contributed by atoms with Crippen LogP contribution in [0.4, 0.5) is 8.78 Å². The number of carbonyl (C=O) groups excluding carboxylic acids is 2. The highest BCUT2D eigenvalue weighted by Gasteiger charge is 2.40. The van der Waals surface area contributed by atoms with E-state index in [1.165, 1.54) is 30.9 Å². The number of fused-ring (bicyclic) bond motifs is 1. The van der Waals surface area contributed by atoms with E-state index in [9.17, 15) is 18.4 Å². The fourth-order valence-corrected chi connectivity index (χ4v) is 6.91. The van der Waals surface area contributed by atoms with E-state index in [1.54, 1.807) is 21.9 Å². The van der Waals surface area contributed by atoms with Crippen LogP contribution >= 0.6 is 15.9 Å². The zero-order valence-corrected chi connectivity index (χ0v) is 24.4. The van der Waals surface area contributed by atoms with Gasteiger partial charge in [-0.2, -0.15) is 0 Å². The van der Waals surface area contributed by atoms with Gasteiger partial charge in [0, 0.05) is 42.6 Å². The third-order valence-corrected chi connectivity index (χ3v) is 9.53. The van der Waals surface area contributed by atoms with Crippen molar-refractivity contribution in [3.05, 3.63) is 81.9 Å². The molecule has 3 aliphatic rings. The molecule has 11 heteroatoms. The second kappa shape index (κ2) is 10.4. The number of hydrogen-bond donors (Lipinski definition) is 1. The van der Waals surface area contributed by atoms with Crippen LogP contribution in [0, 0.1) is 0 Å². The number of amides is 2. The molecule has 0 radical (unpaired) electrons. The molecule has 2 aliphatic heterocycles. The highest BCUT2D eigenvalue weighted by atomic mass is 79.9. The van der Waals surface area contributed by atoms with Gasteiger partial charge in [0.15, 0.2) is 5.82 Å². The van der Waals surface area contributed by atoms with Crippen molar-refractivity contribution in [3.8, 4) is 11.4 Å². The monoisotopic (exact) mass is 634 g/mol. The lowest BCUT2D eigenvalue weighted by Gasteiger charge is -2.38. The zero-order valence-electron chi connectivity index (χ0n) is 22.8. The summed E-state index contributed by atoms with van der Waals surface area (Å²) >= 11 is 3.37.